The van der Waals surface area contributed by atoms with Crippen LogP contribution in [0.25, 0.3) is 0 Å². The lowest BCUT2D eigenvalue weighted by molar-refractivity contribution is 0.548. The minimum absolute atomic E-state index is 0. The molecular formula is C9H20IN3O2S. The highest BCUT2D eigenvalue weighted by atomic mass is 127. The lowest BCUT2D eigenvalue weighted by Gasteiger charge is -2.20. The summed E-state index contributed by atoms with van der Waals surface area (Å²) in [6.07, 6.45) is 0.679. The Labute approximate surface area is 115 Å². The summed E-state index contributed by atoms with van der Waals surface area (Å²) in [6, 6.07) is 0.0164. The van der Waals surface area contributed by atoms with Crippen LogP contribution in [0.5, 0.6) is 0 Å². The Morgan fingerprint density at radius 1 is 1.50 bits per heavy atom. The lowest BCUT2D eigenvalue weighted by atomic mass is 10.3. The number of guanidine groups is 1. The molecule has 1 aliphatic heterocycles. The fraction of sp³-hybridized carbons (Fsp3) is 0.889. The van der Waals surface area contributed by atoms with Gasteiger partial charge in [-0.15, -0.1) is 24.0 Å². The van der Waals surface area contributed by atoms with Crippen molar-refractivity contribution in [2.75, 3.05) is 32.1 Å². The highest BCUT2D eigenvalue weighted by molar-refractivity contribution is 14.0. The number of hydrogen-bond donors (Lipinski definition) is 1. The second kappa shape index (κ2) is 6.63. The molecular weight excluding hydrogens is 341 g/mol. The molecule has 1 saturated heterocycles. The van der Waals surface area contributed by atoms with Crippen LogP contribution in [0.2, 0.25) is 0 Å². The first-order valence-electron chi connectivity index (χ1n) is 5.13. The van der Waals surface area contributed by atoms with Gasteiger partial charge in [-0.05, 0) is 13.3 Å². The predicted molar refractivity (Wildman–Crippen MR) is 77.3 cm³/mol. The predicted octanol–water partition coefficient (Wildman–Crippen LogP) is 0.319. The van der Waals surface area contributed by atoms with Gasteiger partial charge in [-0.1, -0.05) is 0 Å². The molecule has 0 aromatic rings. The van der Waals surface area contributed by atoms with Gasteiger partial charge in [0.2, 0.25) is 0 Å². The standard InChI is InChI=1S/C9H19N3O2S.HI/c1-4-10-9(12(2)3)11-8-5-6-15(13,14)7-8;/h8H,4-7H2,1-3H3,(H,10,11);1H. The second-order valence-electron chi connectivity index (χ2n) is 3.94. The fourth-order valence-corrected chi connectivity index (χ4v) is 3.23. The first-order chi connectivity index (χ1) is 6.94. The molecule has 1 atom stereocenters. The highest BCUT2D eigenvalue weighted by Crippen LogP contribution is 2.11. The molecule has 0 aromatic carbocycles. The van der Waals surface area contributed by atoms with Gasteiger partial charge >= 0.3 is 0 Å². The normalized spacial score (nSPS) is 23.7. The Hall–Kier alpha value is -0.0500. The number of halogens is 1. The number of nitrogens with zero attached hydrogens (tertiary/aromatic N) is 2. The average molecular weight is 361 g/mol. The summed E-state index contributed by atoms with van der Waals surface area (Å²) < 4.78 is 22.5. The van der Waals surface area contributed by atoms with Crippen molar-refractivity contribution in [2.24, 2.45) is 4.99 Å². The summed E-state index contributed by atoms with van der Waals surface area (Å²) in [5, 5.41) is 3.17. The molecule has 0 aromatic heterocycles. The van der Waals surface area contributed by atoms with Crippen molar-refractivity contribution in [3.8, 4) is 0 Å². The molecule has 1 fully saturated rings. The minimum Gasteiger partial charge on any atom is -0.352 e. The van der Waals surface area contributed by atoms with Gasteiger partial charge in [0, 0.05) is 26.7 Å². The summed E-state index contributed by atoms with van der Waals surface area (Å²) in [7, 11) is 0.970. The van der Waals surface area contributed by atoms with Gasteiger partial charge in [-0.3, -0.25) is 4.99 Å². The summed E-state index contributed by atoms with van der Waals surface area (Å²) in [5.41, 5.74) is 0. The first-order valence-corrected chi connectivity index (χ1v) is 6.95. The van der Waals surface area contributed by atoms with Crippen molar-refractivity contribution in [2.45, 2.75) is 19.4 Å². The zero-order valence-corrected chi connectivity index (χ0v) is 13.1. The zero-order chi connectivity index (χ0) is 11.5. The first kappa shape index (κ1) is 16.0. The van der Waals surface area contributed by atoms with E-state index in [0.29, 0.717) is 13.0 Å². The average Bonchev–Trinajstić information content (AvgIpc) is 2.44. The van der Waals surface area contributed by atoms with E-state index in [9.17, 15) is 8.42 Å². The van der Waals surface area contributed by atoms with Gasteiger partial charge in [-0.25, -0.2) is 8.42 Å². The zero-order valence-electron chi connectivity index (χ0n) is 9.93. The molecule has 0 amide bonds. The van der Waals surface area contributed by atoms with E-state index >= 15 is 0 Å². The molecule has 0 saturated carbocycles. The summed E-state index contributed by atoms with van der Waals surface area (Å²) in [4.78, 5) is 6.14. The van der Waals surface area contributed by atoms with Crippen LogP contribution in [-0.4, -0.2) is 57.5 Å². The number of nitrogens with one attached hydrogen (secondary N) is 1. The molecule has 7 heteroatoms. The smallest absolute Gasteiger partial charge is 0.193 e. The van der Waals surface area contributed by atoms with Crippen LogP contribution in [0.15, 0.2) is 4.99 Å². The van der Waals surface area contributed by atoms with Crippen molar-refractivity contribution in [3.05, 3.63) is 0 Å². The van der Waals surface area contributed by atoms with E-state index in [1.807, 2.05) is 25.9 Å². The Kier molecular flexibility index (Phi) is 6.61. The van der Waals surface area contributed by atoms with Crippen LogP contribution in [0.1, 0.15) is 13.3 Å². The third-order valence-electron chi connectivity index (χ3n) is 2.30. The molecule has 0 bridgehead atoms. The minimum atomic E-state index is -2.82. The van der Waals surface area contributed by atoms with E-state index in [2.05, 4.69) is 10.3 Å². The van der Waals surface area contributed by atoms with Crippen LogP contribution in [0.4, 0.5) is 0 Å². The lowest BCUT2D eigenvalue weighted by Crippen LogP contribution is -2.43. The molecule has 1 N–H and O–H groups in total. The molecule has 0 spiro atoms. The summed E-state index contributed by atoms with van der Waals surface area (Å²) in [5.74, 6) is 1.28. The summed E-state index contributed by atoms with van der Waals surface area (Å²) in [6.45, 7) is 2.65. The van der Waals surface area contributed by atoms with E-state index in [4.69, 9.17) is 0 Å². The fourth-order valence-electron chi connectivity index (χ4n) is 1.56. The van der Waals surface area contributed by atoms with Crippen LogP contribution in [-0.2, 0) is 9.84 Å². The molecule has 1 unspecified atom stereocenters. The third-order valence-corrected chi connectivity index (χ3v) is 4.07. The maximum Gasteiger partial charge on any atom is 0.193 e. The van der Waals surface area contributed by atoms with Gasteiger partial charge in [0.25, 0.3) is 0 Å². The molecule has 0 aliphatic carbocycles. The van der Waals surface area contributed by atoms with E-state index in [0.717, 1.165) is 5.96 Å². The Bertz CT molecular complexity index is 341. The maximum atomic E-state index is 11.3. The Morgan fingerprint density at radius 3 is 2.50 bits per heavy atom. The van der Waals surface area contributed by atoms with Gasteiger partial charge in [-0.2, -0.15) is 0 Å². The SMILES string of the molecule is CCN=C(NC1CCS(=O)(=O)C1)N(C)C.I. The molecule has 0 radical (unpaired) electrons. The molecule has 1 rings (SSSR count). The number of rotatable bonds is 2. The van der Waals surface area contributed by atoms with Gasteiger partial charge in [0.1, 0.15) is 0 Å². The van der Waals surface area contributed by atoms with Crippen molar-refractivity contribution >= 4 is 39.8 Å². The molecule has 5 nitrogen and oxygen atoms in total. The highest BCUT2D eigenvalue weighted by Gasteiger charge is 2.28. The van der Waals surface area contributed by atoms with Crippen molar-refractivity contribution in [1.29, 1.82) is 0 Å². The van der Waals surface area contributed by atoms with Crippen LogP contribution in [0.3, 0.4) is 0 Å². The van der Waals surface area contributed by atoms with Gasteiger partial charge in [0.15, 0.2) is 15.8 Å². The molecule has 16 heavy (non-hydrogen) atoms. The van der Waals surface area contributed by atoms with Crippen molar-refractivity contribution in [1.82, 2.24) is 10.2 Å². The monoisotopic (exact) mass is 361 g/mol. The second-order valence-corrected chi connectivity index (χ2v) is 6.17. The Morgan fingerprint density at radius 2 is 2.12 bits per heavy atom. The molecule has 96 valence electrons. The van der Waals surface area contributed by atoms with Crippen LogP contribution >= 0.6 is 24.0 Å². The molecule has 1 aliphatic rings. The topological polar surface area (TPSA) is 61.8 Å². The van der Waals surface area contributed by atoms with E-state index in [1.54, 1.807) is 0 Å². The van der Waals surface area contributed by atoms with Crippen LogP contribution < -0.4 is 5.32 Å². The van der Waals surface area contributed by atoms with E-state index in [-0.39, 0.29) is 41.5 Å². The number of aliphatic imine (C=N–C) groups is 1. The maximum absolute atomic E-state index is 11.3. The van der Waals surface area contributed by atoms with Gasteiger partial charge < -0.3 is 10.2 Å². The quantitative estimate of drug-likeness (QED) is 0.437. The Balaban J connectivity index is 0.00000225. The largest absolute Gasteiger partial charge is 0.352 e. The van der Waals surface area contributed by atoms with E-state index < -0.39 is 9.84 Å². The number of sulfone groups is 1. The molecule has 1 heterocycles. The summed E-state index contributed by atoms with van der Waals surface area (Å²) >= 11 is 0. The van der Waals surface area contributed by atoms with E-state index in [1.165, 1.54) is 0 Å². The van der Waals surface area contributed by atoms with Gasteiger partial charge in [0.05, 0.1) is 11.5 Å². The van der Waals surface area contributed by atoms with Crippen molar-refractivity contribution in [3.63, 3.8) is 0 Å². The van der Waals surface area contributed by atoms with Crippen LogP contribution in [0, 0.1) is 0 Å². The number of hydrogen-bond acceptors (Lipinski definition) is 3. The van der Waals surface area contributed by atoms with Crippen molar-refractivity contribution < 1.29 is 8.42 Å². The third kappa shape index (κ3) is 4.86.